The summed E-state index contributed by atoms with van der Waals surface area (Å²) in [6.45, 7) is 7.30. The molecule has 0 aromatic rings. The van der Waals surface area contributed by atoms with Crippen LogP contribution in [0.15, 0.2) is 0 Å². The van der Waals surface area contributed by atoms with E-state index in [1.807, 2.05) is 0 Å². The highest BCUT2D eigenvalue weighted by Gasteiger charge is 2.43. The number of carbonyl (C=O) groups is 1. The van der Waals surface area contributed by atoms with Gasteiger partial charge in [-0.25, -0.2) is 0 Å². The van der Waals surface area contributed by atoms with E-state index < -0.39 is 11.5 Å². The van der Waals surface area contributed by atoms with E-state index in [1.165, 1.54) is 0 Å². The normalized spacial score (nSPS) is 23.7. The minimum Gasteiger partial charge on any atom is -0.480 e. The Balaban J connectivity index is 2.65. The number of carboxylic acids is 1. The fourth-order valence-corrected chi connectivity index (χ4v) is 2.18. The summed E-state index contributed by atoms with van der Waals surface area (Å²) in [7, 11) is 0. The molecule has 2 N–H and O–H groups in total. The fraction of sp³-hybridized carbons (Fsp3) is 0.917. The van der Waals surface area contributed by atoms with Gasteiger partial charge in [-0.3, -0.25) is 4.79 Å². The van der Waals surface area contributed by atoms with Crippen LogP contribution in [0.5, 0.6) is 0 Å². The number of hydrogen-bond acceptors (Lipinski definition) is 2. The number of carboxylic acid groups (broad SMARTS) is 1. The molecule has 0 aromatic heterocycles. The lowest BCUT2D eigenvalue weighted by atomic mass is 9.69. The Bertz CT molecular complexity index is 226. The monoisotopic (exact) mass is 213 g/mol. The molecule has 0 heterocycles. The van der Waals surface area contributed by atoms with Gasteiger partial charge in [0.25, 0.3) is 0 Å². The van der Waals surface area contributed by atoms with Crippen molar-refractivity contribution < 1.29 is 9.90 Å². The van der Waals surface area contributed by atoms with Crippen LogP contribution in [0.3, 0.4) is 0 Å². The highest BCUT2D eigenvalue weighted by molar-refractivity contribution is 5.79. The molecule has 3 nitrogen and oxygen atoms in total. The molecule has 0 spiro atoms. The molecule has 0 aliphatic heterocycles. The van der Waals surface area contributed by atoms with E-state index in [2.05, 4.69) is 26.1 Å². The highest BCUT2D eigenvalue weighted by atomic mass is 16.4. The molecule has 1 fully saturated rings. The van der Waals surface area contributed by atoms with Gasteiger partial charge in [-0.15, -0.1) is 0 Å². The molecule has 3 heteroatoms. The lowest BCUT2D eigenvalue weighted by Gasteiger charge is -2.41. The van der Waals surface area contributed by atoms with Crippen molar-refractivity contribution in [3.63, 3.8) is 0 Å². The van der Waals surface area contributed by atoms with Crippen LogP contribution in [0.25, 0.3) is 0 Å². The molecule has 0 amide bonds. The summed E-state index contributed by atoms with van der Waals surface area (Å²) in [5.74, 6) is -0.675. The maximum absolute atomic E-state index is 11.3. The highest BCUT2D eigenvalue weighted by Crippen LogP contribution is 2.40. The van der Waals surface area contributed by atoms with E-state index >= 15 is 0 Å². The Morgan fingerprint density at radius 1 is 1.27 bits per heavy atom. The fourth-order valence-electron chi connectivity index (χ4n) is 2.18. The van der Waals surface area contributed by atoms with E-state index in [9.17, 15) is 9.90 Å². The molecule has 0 aromatic carbocycles. The lowest BCUT2D eigenvalue weighted by molar-refractivity contribution is -0.147. The average molecular weight is 213 g/mol. The molecule has 1 aliphatic rings. The zero-order chi connectivity index (χ0) is 11.5. The smallest absolute Gasteiger partial charge is 0.323 e. The third kappa shape index (κ3) is 2.94. The molecule has 0 unspecified atom stereocenters. The van der Waals surface area contributed by atoms with Crippen molar-refractivity contribution in [2.24, 2.45) is 5.41 Å². The summed E-state index contributed by atoms with van der Waals surface area (Å²) in [6, 6.07) is 0. The van der Waals surface area contributed by atoms with Crippen molar-refractivity contribution in [2.75, 3.05) is 6.54 Å². The summed E-state index contributed by atoms with van der Waals surface area (Å²) >= 11 is 0. The van der Waals surface area contributed by atoms with Gasteiger partial charge in [0.1, 0.15) is 5.54 Å². The molecular weight excluding hydrogens is 190 g/mol. The van der Waals surface area contributed by atoms with Crippen molar-refractivity contribution >= 4 is 5.97 Å². The van der Waals surface area contributed by atoms with Gasteiger partial charge in [0.2, 0.25) is 0 Å². The quantitative estimate of drug-likeness (QED) is 0.754. The first-order valence-electron chi connectivity index (χ1n) is 5.90. The third-order valence-electron chi connectivity index (χ3n) is 3.58. The Kier molecular flexibility index (Phi) is 3.77. The molecule has 0 saturated heterocycles. The van der Waals surface area contributed by atoms with Crippen molar-refractivity contribution in [2.45, 2.75) is 58.4 Å². The first-order valence-corrected chi connectivity index (χ1v) is 5.90. The van der Waals surface area contributed by atoms with Crippen LogP contribution in [0.1, 0.15) is 52.9 Å². The van der Waals surface area contributed by atoms with Gasteiger partial charge in [0.05, 0.1) is 0 Å². The predicted molar refractivity (Wildman–Crippen MR) is 60.9 cm³/mol. The largest absolute Gasteiger partial charge is 0.480 e. The van der Waals surface area contributed by atoms with E-state index in [1.54, 1.807) is 0 Å². The van der Waals surface area contributed by atoms with Crippen LogP contribution >= 0.6 is 0 Å². The van der Waals surface area contributed by atoms with Gasteiger partial charge in [-0.1, -0.05) is 20.8 Å². The van der Waals surface area contributed by atoms with Crippen LogP contribution < -0.4 is 5.32 Å². The van der Waals surface area contributed by atoms with E-state index in [4.69, 9.17) is 0 Å². The zero-order valence-corrected chi connectivity index (χ0v) is 10.1. The maximum atomic E-state index is 11.3. The average Bonchev–Trinajstić information content (AvgIpc) is 2.16. The van der Waals surface area contributed by atoms with Crippen LogP contribution in [0, 0.1) is 5.41 Å². The first kappa shape index (κ1) is 12.5. The number of aliphatic carboxylic acids is 1. The van der Waals surface area contributed by atoms with E-state index in [0.29, 0.717) is 5.41 Å². The van der Waals surface area contributed by atoms with Crippen molar-refractivity contribution in [1.29, 1.82) is 0 Å². The van der Waals surface area contributed by atoms with Gasteiger partial charge >= 0.3 is 5.97 Å². The lowest BCUT2D eigenvalue weighted by Crippen LogP contribution is -2.55. The Morgan fingerprint density at radius 3 is 2.20 bits per heavy atom. The summed E-state index contributed by atoms with van der Waals surface area (Å²) in [5, 5.41) is 12.5. The Labute approximate surface area is 92.3 Å². The van der Waals surface area contributed by atoms with Crippen molar-refractivity contribution in [3.8, 4) is 0 Å². The van der Waals surface area contributed by atoms with Crippen molar-refractivity contribution in [3.05, 3.63) is 0 Å². The summed E-state index contributed by atoms with van der Waals surface area (Å²) in [6.07, 6.45) is 4.50. The van der Waals surface area contributed by atoms with Gasteiger partial charge in [-0.2, -0.15) is 0 Å². The van der Waals surface area contributed by atoms with Crippen LogP contribution in [-0.4, -0.2) is 23.2 Å². The molecule has 1 saturated carbocycles. The standard InChI is InChI=1S/C12H23NO2/c1-4-9-13-12(10(14)15)7-5-11(2,3)6-8-12/h13H,4-9H2,1-3H3,(H,14,15). The zero-order valence-electron chi connectivity index (χ0n) is 10.1. The molecule has 1 rings (SSSR count). The number of hydrogen-bond donors (Lipinski definition) is 2. The number of nitrogens with one attached hydrogen (secondary N) is 1. The molecular formula is C12H23NO2. The predicted octanol–water partition coefficient (Wildman–Crippen LogP) is 2.41. The summed E-state index contributed by atoms with van der Waals surface area (Å²) < 4.78 is 0. The number of rotatable bonds is 4. The Hall–Kier alpha value is -0.570. The molecule has 0 bridgehead atoms. The Morgan fingerprint density at radius 2 is 1.80 bits per heavy atom. The van der Waals surface area contributed by atoms with Gasteiger partial charge in [0.15, 0.2) is 0 Å². The second-order valence-electron chi connectivity index (χ2n) is 5.48. The van der Waals surface area contributed by atoms with Crippen molar-refractivity contribution in [1.82, 2.24) is 5.32 Å². The van der Waals surface area contributed by atoms with Crippen LogP contribution in [0.4, 0.5) is 0 Å². The van der Waals surface area contributed by atoms with E-state index in [0.717, 1.165) is 38.6 Å². The molecule has 0 radical (unpaired) electrons. The minimum absolute atomic E-state index is 0.312. The third-order valence-corrected chi connectivity index (χ3v) is 3.58. The molecule has 0 atom stereocenters. The molecule has 88 valence electrons. The first-order chi connectivity index (χ1) is 6.92. The van der Waals surface area contributed by atoms with Gasteiger partial charge in [-0.05, 0) is 44.1 Å². The van der Waals surface area contributed by atoms with E-state index in [-0.39, 0.29) is 0 Å². The summed E-state index contributed by atoms with van der Waals surface area (Å²) in [5.41, 5.74) is -0.335. The molecule has 15 heavy (non-hydrogen) atoms. The summed E-state index contributed by atoms with van der Waals surface area (Å²) in [4.78, 5) is 11.3. The molecule has 1 aliphatic carbocycles. The minimum atomic E-state index is -0.675. The van der Waals surface area contributed by atoms with Crippen LogP contribution in [-0.2, 0) is 4.79 Å². The van der Waals surface area contributed by atoms with Gasteiger partial charge in [0, 0.05) is 0 Å². The SMILES string of the molecule is CCCNC1(C(=O)O)CCC(C)(C)CC1. The second kappa shape index (κ2) is 4.52. The van der Waals surface area contributed by atoms with Crippen LogP contribution in [0.2, 0.25) is 0 Å². The van der Waals surface area contributed by atoms with Gasteiger partial charge < -0.3 is 10.4 Å². The maximum Gasteiger partial charge on any atom is 0.323 e. The topological polar surface area (TPSA) is 49.3 Å². The second-order valence-corrected chi connectivity index (χ2v) is 5.48.